The van der Waals surface area contributed by atoms with Crippen LogP contribution in [0.5, 0.6) is 0 Å². The van der Waals surface area contributed by atoms with Crippen LogP contribution in [-0.4, -0.2) is 61.4 Å². The molecular formula is C22H20F4N8O4. The summed E-state index contributed by atoms with van der Waals surface area (Å²) in [7, 11) is 0. The van der Waals surface area contributed by atoms with Gasteiger partial charge in [0.25, 0.3) is 0 Å². The minimum absolute atomic E-state index is 0.0280. The van der Waals surface area contributed by atoms with Crippen molar-refractivity contribution in [2.24, 2.45) is 5.92 Å². The summed E-state index contributed by atoms with van der Waals surface area (Å²) in [6, 6.07) is 3.33. The highest BCUT2D eigenvalue weighted by Gasteiger charge is 2.58. The largest absolute Gasteiger partial charge is 0.522 e. The van der Waals surface area contributed by atoms with E-state index in [2.05, 4.69) is 35.5 Å². The fourth-order valence-electron chi connectivity index (χ4n) is 5.04. The number of fused-ring (bicyclic) bond motifs is 1. The molecule has 38 heavy (non-hydrogen) atoms. The number of hydrogen-bond acceptors (Lipinski definition) is 9. The molecule has 3 atom stereocenters. The van der Waals surface area contributed by atoms with Gasteiger partial charge in [0.15, 0.2) is 23.7 Å². The Bertz CT molecular complexity index is 1420. The van der Waals surface area contributed by atoms with Gasteiger partial charge in [-0.15, -0.1) is 13.2 Å². The van der Waals surface area contributed by atoms with Crippen molar-refractivity contribution in [2.45, 2.75) is 56.2 Å². The SMILES string of the molecule is N#Cc1cnc(Nc2cc([C@@H]3OC[C@H](OC(=O)NC45CC(C4)C5)[C@@H]3F)[nH]n2)n2cc(COC(F)(F)F)nc12. The van der Waals surface area contributed by atoms with Gasteiger partial charge in [0.1, 0.15) is 17.7 Å². The van der Waals surface area contributed by atoms with Gasteiger partial charge in [-0.25, -0.2) is 19.2 Å². The smallest absolute Gasteiger partial charge is 0.441 e. The number of aromatic nitrogens is 5. The average molecular weight is 536 g/mol. The normalized spacial score (nSPS) is 27.9. The first-order valence-corrected chi connectivity index (χ1v) is 11.7. The lowest BCUT2D eigenvalue weighted by molar-refractivity contribution is -0.330. The molecule has 4 heterocycles. The predicted octanol–water partition coefficient (Wildman–Crippen LogP) is 3.16. The number of imidazole rings is 1. The third kappa shape index (κ3) is 4.47. The van der Waals surface area contributed by atoms with E-state index in [0.29, 0.717) is 5.92 Å². The fourth-order valence-corrected chi connectivity index (χ4v) is 5.04. The van der Waals surface area contributed by atoms with Crippen molar-refractivity contribution in [2.75, 3.05) is 11.9 Å². The van der Waals surface area contributed by atoms with Crippen molar-refractivity contribution in [1.82, 2.24) is 29.9 Å². The van der Waals surface area contributed by atoms with E-state index in [9.17, 15) is 23.2 Å². The van der Waals surface area contributed by atoms with Crippen molar-refractivity contribution in [3.63, 3.8) is 0 Å². The second-order valence-electron chi connectivity index (χ2n) is 9.63. The number of hydrogen-bond donors (Lipinski definition) is 3. The van der Waals surface area contributed by atoms with Gasteiger partial charge >= 0.3 is 12.5 Å². The van der Waals surface area contributed by atoms with E-state index >= 15 is 4.39 Å². The third-order valence-corrected chi connectivity index (χ3v) is 6.94. The van der Waals surface area contributed by atoms with Gasteiger partial charge in [-0.1, -0.05) is 0 Å². The second-order valence-corrected chi connectivity index (χ2v) is 9.63. The molecule has 3 aromatic rings. The van der Waals surface area contributed by atoms with Gasteiger partial charge < -0.3 is 20.1 Å². The Labute approximate surface area is 211 Å². The molecule has 0 aromatic carbocycles. The highest BCUT2D eigenvalue weighted by Crippen LogP contribution is 2.57. The zero-order chi connectivity index (χ0) is 26.7. The predicted molar refractivity (Wildman–Crippen MR) is 117 cm³/mol. The molecule has 2 bridgehead atoms. The monoisotopic (exact) mass is 536 g/mol. The molecule has 3 aliphatic carbocycles. The zero-order valence-electron chi connectivity index (χ0n) is 19.5. The van der Waals surface area contributed by atoms with E-state index in [1.54, 1.807) is 0 Å². The van der Waals surface area contributed by atoms with Gasteiger partial charge in [-0.2, -0.15) is 10.4 Å². The third-order valence-electron chi connectivity index (χ3n) is 6.94. The highest BCUT2D eigenvalue weighted by atomic mass is 19.4. The fraction of sp³-hybridized carbons (Fsp3) is 0.500. The maximum atomic E-state index is 15.1. The van der Waals surface area contributed by atoms with E-state index in [0.717, 1.165) is 19.3 Å². The Morgan fingerprint density at radius 3 is 2.84 bits per heavy atom. The number of alkyl halides is 4. The number of aromatic amines is 1. The molecule has 3 aromatic heterocycles. The van der Waals surface area contributed by atoms with Gasteiger partial charge in [-0.05, 0) is 25.2 Å². The number of alkyl carbamates (subject to hydrolysis) is 1. The topological polar surface area (TPSA) is 151 Å². The van der Waals surface area contributed by atoms with Crippen LogP contribution in [0.2, 0.25) is 0 Å². The molecule has 7 rings (SSSR count). The van der Waals surface area contributed by atoms with Gasteiger partial charge in [0.2, 0.25) is 5.95 Å². The molecule has 4 fully saturated rings. The first-order valence-electron chi connectivity index (χ1n) is 11.7. The summed E-state index contributed by atoms with van der Waals surface area (Å²) in [5.74, 6) is 0.932. The molecule has 1 amide bonds. The standard InChI is InChI=1S/C22H20F4N8O4/c23-16-14(38-20(35)31-21-2-10(3-21)4-21)9-36-17(16)13-1-15(33-32-13)30-19-28-6-11(5-27)18-29-12(7-34(18)19)8-37-22(24,25)26/h1,6-7,10,14,16-17H,2-4,8-9H2,(H,31,35)(H2,28,30,32,33)/t10?,14-,16-,17-,21?/m0/s1. The molecule has 16 heteroatoms. The molecule has 0 unspecified atom stereocenters. The van der Waals surface area contributed by atoms with Gasteiger partial charge in [0, 0.05) is 17.8 Å². The van der Waals surface area contributed by atoms with Crippen LogP contribution in [0.3, 0.4) is 0 Å². The van der Waals surface area contributed by atoms with Crippen molar-refractivity contribution >= 4 is 23.5 Å². The summed E-state index contributed by atoms with van der Waals surface area (Å²) < 4.78 is 68.2. The summed E-state index contributed by atoms with van der Waals surface area (Å²) >= 11 is 0. The van der Waals surface area contributed by atoms with Gasteiger partial charge in [0.05, 0.1) is 30.8 Å². The molecule has 0 radical (unpaired) electrons. The Morgan fingerprint density at radius 1 is 1.37 bits per heavy atom. The van der Waals surface area contributed by atoms with E-state index in [-0.39, 0.29) is 46.5 Å². The van der Waals surface area contributed by atoms with Crippen LogP contribution in [0.4, 0.5) is 34.1 Å². The molecule has 1 saturated heterocycles. The Morgan fingerprint density at radius 2 is 2.16 bits per heavy atom. The van der Waals surface area contributed by atoms with Crippen LogP contribution < -0.4 is 10.6 Å². The van der Waals surface area contributed by atoms with Crippen LogP contribution in [0.15, 0.2) is 18.5 Å². The number of rotatable bonds is 7. The van der Waals surface area contributed by atoms with Crippen LogP contribution in [-0.2, 0) is 20.8 Å². The second kappa shape index (κ2) is 8.81. The van der Waals surface area contributed by atoms with Crippen molar-refractivity contribution in [1.29, 1.82) is 5.26 Å². The van der Waals surface area contributed by atoms with E-state index in [1.165, 1.54) is 22.9 Å². The van der Waals surface area contributed by atoms with Crippen molar-refractivity contribution in [3.05, 3.63) is 35.4 Å². The first-order chi connectivity index (χ1) is 18.1. The number of anilines is 2. The molecular weight excluding hydrogens is 516 g/mol. The zero-order valence-corrected chi connectivity index (χ0v) is 19.5. The number of ether oxygens (including phenoxy) is 3. The number of amides is 1. The lowest BCUT2D eigenvalue weighted by Crippen LogP contribution is -2.68. The number of halogens is 4. The molecule has 3 saturated carbocycles. The maximum absolute atomic E-state index is 15.1. The van der Waals surface area contributed by atoms with Crippen LogP contribution in [0, 0.1) is 17.2 Å². The highest BCUT2D eigenvalue weighted by molar-refractivity contribution is 5.69. The summed E-state index contributed by atoms with van der Waals surface area (Å²) in [5.41, 5.74) is 0.0757. The summed E-state index contributed by atoms with van der Waals surface area (Å²) in [5, 5.41) is 21.7. The first kappa shape index (κ1) is 24.4. The molecule has 1 aliphatic heterocycles. The van der Waals surface area contributed by atoms with Crippen molar-refractivity contribution < 1.29 is 36.6 Å². The lowest BCUT2D eigenvalue weighted by Gasteiger charge is -2.61. The summed E-state index contributed by atoms with van der Waals surface area (Å²) in [6.07, 6.45) is -4.10. The molecule has 200 valence electrons. The van der Waals surface area contributed by atoms with Crippen LogP contribution in [0.25, 0.3) is 5.65 Å². The maximum Gasteiger partial charge on any atom is 0.522 e. The lowest BCUT2D eigenvalue weighted by atomic mass is 9.50. The van der Waals surface area contributed by atoms with Crippen molar-refractivity contribution in [3.8, 4) is 6.07 Å². The Kier molecular flexibility index (Phi) is 5.65. The van der Waals surface area contributed by atoms with E-state index in [4.69, 9.17) is 9.47 Å². The minimum atomic E-state index is -4.85. The van der Waals surface area contributed by atoms with Crippen LogP contribution >= 0.6 is 0 Å². The number of nitrogens with one attached hydrogen (secondary N) is 3. The number of carbonyl (C=O) groups excluding carboxylic acids is 1. The van der Waals surface area contributed by atoms with E-state index in [1.807, 2.05) is 6.07 Å². The quantitative estimate of drug-likeness (QED) is 0.387. The average Bonchev–Trinajstić information content (AvgIpc) is 3.53. The molecule has 12 nitrogen and oxygen atoms in total. The summed E-state index contributed by atoms with van der Waals surface area (Å²) in [4.78, 5) is 20.3. The summed E-state index contributed by atoms with van der Waals surface area (Å²) in [6.45, 7) is -0.992. The molecule has 0 spiro atoms. The number of carbonyl (C=O) groups is 1. The Hall–Kier alpha value is -3.97. The van der Waals surface area contributed by atoms with E-state index < -0.39 is 37.4 Å². The van der Waals surface area contributed by atoms with Crippen LogP contribution in [0.1, 0.15) is 42.3 Å². The number of nitriles is 1. The Balaban J connectivity index is 1.13. The minimum Gasteiger partial charge on any atom is -0.441 e. The number of nitrogens with zero attached hydrogens (tertiary/aromatic N) is 5. The number of H-pyrrole nitrogens is 1. The molecule has 3 N–H and O–H groups in total. The van der Waals surface area contributed by atoms with Gasteiger partial charge in [-0.3, -0.25) is 14.2 Å². The molecule has 4 aliphatic rings.